The summed E-state index contributed by atoms with van der Waals surface area (Å²) in [6, 6.07) is 8.89. The molecule has 1 unspecified atom stereocenters. The minimum atomic E-state index is 0. The first-order chi connectivity index (χ1) is 6.88. The Kier molecular flexibility index (Phi) is 9.85. The fourth-order valence-electron chi connectivity index (χ4n) is 2.85. The van der Waals surface area contributed by atoms with E-state index in [1.165, 1.54) is 30.4 Å². The van der Waals surface area contributed by atoms with Crippen molar-refractivity contribution >= 4 is 5.57 Å². The van der Waals surface area contributed by atoms with Crippen LogP contribution >= 0.6 is 0 Å². The van der Waals surface area contributed by atoms with Crippen LogP contribution in [0.3, 0.4) is 0 Å². The first-order valence-electron chi connectivity index (χ1n) is 5.53. The molecule has 4 heteroatoms. The molecule has 0 aromatic heterocycles. The number of rotatable bonds is 0. The van der Waals surface area contributed by atoms with Gasteiger partial charge >= 0.3 is 21.7 Å². The van der Waals surface area contributed by atoms with Crippen molar-refractivity contribution in [3.05, 3.63) is 47.4 Å². The van der Waals surface area contributed by atoms with E-state index in [2.05, 4.69) is 37.6 Å². The van der Waals surface area contributed by atoms with Crippen molar-refractivity contribution in [1.29, 1.82) is 0 Å². The molecule has 1 aromatic carbocycles. The second-order valence-corrected chi connectivity index (χ2v) is 4.34. The van der Waals surface area contributed by atoms with Gasteiger partial charge in [-0.3, -0.25) is 0 Å². The Morgan fingerprint density at radius 3 is 2.50 bits per heavy atom. The van der Waals surface area contributed by atoms with Crippen molar-refractivity contribution in [3.63, 3.8) is 0 Å². The van der Waals surface area contributed by atoms with Crippen molar-refractivity contribution in [2.75, 3.05) is 0 Å². The van der Waals surface area contributed by atoms with Crippen LogP contribution in [0.4, 0.5) is 0 Å². The fourth-order valence-corrected chi connectivity index (χ4v) is 2.85. The molecule has 0 spiro atoms. The summed E-state index contributed by atoms with van der Waals surface area (Å²) >= 11 is 0. The van der Waals surface area contributed by atoms with Crippen LogP contribution in [0.25, 0.3) is 5.57 Å². The molecule has 0 bridgehead atoms. The summed E-state index contributed by atoms with van der Waals surface area (Å²) in [6.45, 7) is 2.34. The Morgan fingerprint density at radius 2 is 1.78 bits per heavy atom. The smallest absolute Gasteiger partial charge is 1.00 e. The molecular weight excluding hydrogens is 322 g/mol. The monoisotopic (exact) mass is 336 g/mol. The molecule has 0 heterocycles. The molecule has 1 atom stereocenters. The Bertz CT molecular complexity index is 415. The molecular formula is C14H15Cl3Ti. The molecule has 2 aliphatic carbocycles. The van der Waals surface area contributed by atoms with Crippen molar-refractivity contribution in [1.82, 2.24) is 0 Å². The van der Waals surface area contributed by atoms with Gasteiger partial charge in [0.15, 0.2) is 0 Å². The van der Waals surface area contributed by atoms with Crippen molar-refractivity contribution in [2.24, 2.45) is 0 Å². The maximum Gasteiger partial charge on any atom is 4.00 e. The van der Waals surface area contributed by atoms with Crippen LogP contribution < -0.4 is 37.2 Å². The van der Waals surface area contributed by atoms with Gasteiger partial charge in [-0.1, -0.05) is 55.2 Å². The summed E-state index contributed by atoms with van der Waals surface area (Å²) in [4.78, 5) is 0. The summed E-state index contributed by atoms with van der Waals surface area (Å²) in [5.74, 6) is 0.640. The van der Waals surface area contributed by atoms with Gasteiger partial charge in [0, 0.05) is 0 Å². The molecule has 0 saturated heterocycles. The molecule has 0 N–H and O–H groups in total. The molecule has 2 aliphatic rings. The third-order valence-electron chi connectivity index (χ3n) is 3.56. The standard InChI is InChI=1S/C14H15.3ClH.Ti/c1-10-11-6-2-4-8-13(11)14-9-5-3-7-12(10)14;;;;/h2,4,6-8,10H,3,5,9H2,1H3;3*1H;/q-1;;;;+4/p-3. The number of allylic oxidation sites excluding steroid dienone is 2. The van der Waals surface area contributed by atoms with Gasteiger partial charge in [-0.25, -0.2) is 12.0 Å². The number of hydrogen-bond acceptors (Lipinski definition) is 0. The second kappa shape index (κ2) is 8.56. The summed E-state index contributed by atoms with van der Waals surface area (Å²) < 4.78 is 0. The van der Waals surface area contributed by atoms with E-state index in [1.807, 2.05) is 0 Å². The Balaban J connectivity index is 0. The zero-order chi connectivity index (χ0) is 9.54. The average Bonchev–Trinajstić information content (AvgIpc) is 2.55. The van der Waals surface area contributed by atoms with Gasteiger partial charge < -0.3 is 37.2 Å². The summed E-state index contributed by atoms with van der Waals surface area (Å²) in [7, 11) is 0. The number of benzene rings is 1. The normalized spacial score (nSPS) is 18.8. The van der Waals surface area contributed by atoms with Gasteiger partial charge in [0.1, 0.15) is 0 Å². The van der Waals surface area contributed by atoms with Gasteiger partial charge in [-0.05, 0) is 5.92 Å². The molecule has 0 amide bonds. The first kappa shape index (κ1) is 20.7. The Morgan fingerprint density at radius 1 is 1.11 bits per heavy atom. The minimum absolute atomic E-state index is 0. The quantitative estimate of drug-likeness (QED) is 0.328. The predicted molar refractivity (Wildman–Crippen MR) is 59.9 cm³/mol. The molecule has 3 rings (SSSR count). The van der Waals surface area contributed by atoms with Gasteiger partial charge in [0.05, 0.1) is 0 Å². The topological polar surface area (TPSA) is 0 Å². The Hall–Kier alpha value is 0.414. The van der Waals surface area contributed by atoms with Crippen LogP contribution in [-0.2, 0) is 21.7 Å². The van der Waals surface area contributed by atoms with Gasteiger partial charge in [-0.2, -0.15) is 5.57 Å². The van der Waals surface area contributed by atoms with E-state index in [1.54, 1.807) is 11.1 Å². The molecule has 0 saturated carbocycles. The molecule has 18 heavy (non-hydrogen) atoms. The molecule has 0 fully saturated rings. The van der Waals surface area contributed by atoms with E-state index in [0.29, 0.717) is 5.92 Å². The van der Waals surface area contributed by atoms with E-state index < -0.39 is 0 Å². The predicted octanol–water partition coefficient (Wildman–Crippen LogP) is -5.05. The van der Waals surface area contributed by atoms with E-state index in [4.69, 9.17) is 0 Å². The third kappa shape index (κ3) is 3.29. The van der Waals surface area contributed by atoms with E-state index >= 15 is 0 Å². The summed E-state index contributed by atoms with van der Waals surface area (Å²) in [5.41, 5.74) is 6.29. The van der Waals surface area contributed by atoms with Crippen LogP contribution in [0.2, 0.25) is 0 Å². The maximum atomic E-state index is 2.45. The van der Waals surface area contributed by atoms with E-state index in [0.717, 1.165) is 0 Å². The molecule has 96 valence electrons. The van der Waals surface area contributed by atoms with Crippen molar-refractivity contribution < 1.29 is 58.9 Å². The zero-order valence-corrected chi connectivity index (χ0v) is 14.0. The summed E-state index contributed by atoms with van der Waals surface area (Å²) in [6.07, 6.45) is 6.34. The van der Waals surface area contributed by atoms with Crippen LogP contribution in [0.1, 0.15) is 43.2 Å². The van der Waals surface area contributed by atoms with Crippen LogP contribution in [0, 0.1) is 6.42 Å². The molecule has 0 aliphatic heterocycles. The van der Waals surface area contributed by atoms with Crippen LogP contribution in [0.15, 0.2) is 29.8 Å². The SMILES string of the molecule is CC1C2=C(CCC[CH-]2)c2ccccc21.[Cl-].[Cl-].[Cl-].[Ti+4]. The zero-order valence-electron chi connectivity index (χ0n) is 10.2. The molecule has 1 aromatic rings. The fraction of sp³-hybridized carbons (Fsp3) is 0.357. The second-order valence-electron chi connectivity index (χ2n) is 4.34. The molecule has 0 nitrogen and oxygen atoms in total. The molecule has 0 radical (unpaired) electrons. The average molecular weight is 338 g/mol. The van der Waals surface area contributed by atoms with Gasteiger partial charge in [0.2, 0.25) is 0 Å². The maximum absolute atomic E-state index is 2.45. The van der Waals surface area contributed by atoms with Gasteiger partial charge in [-0.15, -0.1) is 6.42 Å². The van der Waals surface area contributed by atoms with E-state index in [-0.39, 0.29) is 58.9 Å². The van der Waals surface area contributed by atoms with Crippen molar-refractivity contribution in [3.8, 4) is 0 Å². The van der Waals surface area contributed by atoms with Crippen LogP contribution in [0.5, 0.6) is 0 Å². The first-order valence-corrected chi connectivity index (χ1v) is 5.53. The number of fused-ring (bicyclic) bond motifs is 2. The van der Waals surface area contributed by atoms with E-state index in [9.17, 15) is 0 Å². The Labute approximate surface area is 143 Å². The summed E-state index contributed by atoms with van der Waals surface area (Å²) in [5, 5.41) is 0. The third-order valence-corrected chi connectivity index (χ3v) is 3.56. The minimum Gasteiger partial charge on any atom is -1.00 e. The van der Waals surface area contributed by atoms with Crippen molar-refractivity contribution in [2.45, 2.75) is 32.1 Å². The van der Waals surface area contributed by atoms with Crippen LogP contribution in [-0.4, -0.2) is 0 Å². The largest absolute Gasteiger partial charge is 4.00 e. The van der Waals surface area contributed by atoms with Gasteiger partial charge in [0.25, 0.3) is 0 Å². The number of halogens is 3. The number of hydrogen-bond donors (Lipinski definition) is 0.